The van der Waals surface area contributed by atoms with E-state index in [-0.39, 0.29) is 12.5 Å². The highest BCUT2D eigenvalue weighted by Crippen LogP contribution is 2.40. The second-order valence-corrected chi connectivity index (χ2v) is 6.50. The topological polar surface area (TPSA) is 42.4 Å². The van der Waals surface area contributed by atoms with Crippen LogP contribution in [0.15, 0.2) is 41.0 Å². The minimum atomic E-state index is 0.0162. The molecule has 0 atom stereocenters. The van der Waals surface area contributed by atoms with Crippen LogP contribution in [-0.4, -0.2) is 24.0 Å². The third-order valence-electron chi connectivity index (χ3n) is 4.07. The number of anilines is 1. The molecule has 1 aromatic carbocycles. The number of hydrogen-bond acceptors (Lipinski definition) is 3. The summed E-state index contributed by atoms with van der Waals surface area (Å²) in [5, 5.41) is 0. The smallest absolute Gasteiger partial charge is 0.265 e. The standard InChI is InChI=1S/C17H15BrN2O2/c18-16-13(12-4-2-1-3-5-12)8-14-17(19-16)22-10-15(21)20(14)9-11-6-7-11/h1-5,8,11H,6-7,9-10H2. The quantitative estimate of drug-likeness (QED) is 0.786. The molecule has 1 aliphatic heterocycles. The molecular formula is C17H15BrN2O2. The van der Waals surface area contributed by atoms with Gasteiger partial charge >= 0.3 is 0 Å². The van der Waals surface area contributed by atoms with Crippen molar-refractivity contribution in [3.05, 3.63) is 41.0 Å². The van der Waals surface area contributed by atoms with E-state index < -0.39 is 0 Å². The lowest BCUT2D eigenvalue weighted by Gasteiger charge is -2.29. The number of halogens is 1. The highest BCUT2D eigenvalue weighted by Gasteiger charge is 2.33. The van der Waals surface area contributed by atoms with Crippen molar-refractivity contribution in [2.45, 2.75) is 12.8 Å². The monoisotopic (exact) mass is 358 g/mol. The number of ether oxygens (including phenoxy) is 1. The van der Waals surface area contributed by atoms with E-state index >= 15 is 0 Å². The van der Waals surface area contributed by atoms with Gasteiger partial charge in [0, 0.05) is 12.1 Å². The van der Waals surface area contributed by atoms with E-state index in [1.54, 1.807) is 0 Å². The molecule has 1 amide bonds. The van der Waals surface area contributed by atoms with Crippen LogP contribution in [-0.2, 0) is 4.79 Å². The molecule has 1 aromatic heterocycles. The maximum Gasteiger partial charge on any atom is 0.265 e. The van der Waals surface area contributed by atoms with Crippen LogP contribution in [0.3, 0.4) is 0 Å². The molecule has 2 heterocycles. The second kappa shape index (κ2) is 5.39. The van der Waals surface area contributed by atoms with Crippen molar-refractivity contribution in [3.8, 4) is 17.0 Å². The molecule has 1 saturated carbocycles. The maximum atomic E-state index is 12.2. The highest BCUT2D eigenvalue weighted by molar-refractivity contribution is 9.10. The number of rotatable bonds is 3. The van der Waals surface area contributed by atoms with Crippen molar-refractivity contribution in [1.29, 1.82) is 0 Å². The van der Waals surface area contributed by atoms with Crippen LogP contribution in [0.5, 0.6) is 5.88 Å². The van der Waals surface area contributed by atoms with E-state index in [1.807, 2.05) is 41.3 Å². The summed E-state index contributed by atoms with van der Waals surface area (Å²) >= 11 is 3.52. The first-order valence-electron chi connectivity index (χ1n) is 7.41. The SMILES string of the molecule is O=C1COc2nc(Br)c(-c3ccccc3)cc2N1CC1CC1. The zero-order valence-corrected chi connectivity index (χ0v) is 13.5. The Balaban J connectivity index is 1.79. The van der Waals surface area contributed by atoms with Crippen LogP contribution in [0, 0.1) is 5.92 Å². The van der Waals surface area contributed by atoms with Crippen LogP contribution in [0.4, 0.5) is 5.69 Å². The van der Waals surface area contributed by atoms with E-state index in [0.717, 1.165) is 28.0 Å². The number of benzene rings is 1. The number of aromatic nitrogens is 1. The van der Waals surface area contributed by atoms with Crippen LogP contribution in [0.1, 0.15) is 12.8 Å². The van der Waals surface area contributed by atoms with Crippen molar-refractivity contribution in [2.75, 3.05) is 18.1 Å². The first kappa shape index (κ1) is 13.8. The first-order valence-corrected chi connectivity index (χ1v) is 8.21. The Morgan fingerprint density at radius 2 is 2.05 bits per heavy atom. The van der Waals surface area contributed by atoms with Gasteiger partial charge in [-0.2, -0.15) is 0 Å². The Morgan fingerprint density at radius 1 is 1.27 bits per heavy atom. The fourth-order valence-corrected chi connectivity index (χ4v) is 3.19. The molecule has 4 nitrogen and oxygen atoms in total. The molecule has 0 spiro atoms. The van der Waals surface area contributed by atoms with Gasteiger partial charge in [0.15, 0.2) is 6.61 Å². The fraction of sp³-hybridized carbons (Fsp3) is 0.294. The number of carbonyl (C=O) groups excluding carboxylic acids is 1. The van der Waals surface area contributed by atoms with Gasteiger partial charge in [-0.15, -0.1) is 0 Å². The van der Waals surface area contributed by atoms with Gasteiger partial charge in [0.2, 0.25) is 5.88 Å². The molecule has 112 valence electrons. The summed E-state index contributed by atoms with van der Waals surface area (Å²) in [6.45, 7) is 0.844. The average Bonchev–Trinajstić information content (AvgIpc) is 3.35. The predicted molar refractivity (Wildman–Crippen MR) is 87.9 cm³/mol. The molecule has 0 radical (unpaired) electrons. The molecule has 22 heavy (non-hydrogen) atoms. The summed E-state index contributed by atoms with van der Waals surface area (Å²) in [6, 6.07) is 12.0. The average molecular weight is 359 g/mol. The fourth-order valence-electron chi connectivity index (χ4n) is 2.69. The Hall–Kier alpha value is -1.88. The van der Waals surface area contributed by atoms with Gasteiger partial charge in [-0.1, -0.05) is 30.3 Å². The summed E-state index contributed by atoms with van der Waals surface area (Å²) in [6.07, 6.45) is 2.41. The van der Waals surface area contributed by atoms with Gasteiger partial charge in [0.05, 0.1) is 0 Å². The molecule has 4 rings (SSSR count). The molecular weight excluding hydrogens is 344 g/mol. The van der Waals surface area contributed by atoms with Gasteiger partial charge in [-0.05, 0) is 46.3 Å². The lowest BCUT2D eigenvalue weighted by molar-refractivity contribution is -0.121. The molecule has 5 heteroatoms. The third-order valence-corrected chi connectivity index (χ3v) is 4.67. The molecule has 0 bridgehead atoms. The lowest BCUT2D eigenvalue weighted by atomic mass is 10.1. The lowest BCUT2D eigenvalue weighted by Crippen LogP contribution is -2.40. The summed E-state index contributed by atoms with van der Waals surface area (Å²) in [4.78, 5) is 18.6. The summed E-state index contributed by atoms with van der Waals surface area (Å²) in [5.41, 5.74) is 2.82. The molecule has 1 fully saturated rings. The summed E-state index contributed by atoms with van der Waals surface area (Å²) < 4.78 is 6.24. The maximum absolute atomic E-state index is 12.2. The number of pyridine rings is 1. The van der Waals surface area contributed by atoms with E-state index in [9.17, 15) is 4.79 Å². The number of carbonyl (C=O) groups is 1. The Labute approximate surface area is 137 Å². The van der Waals surface area contributed by atoms with Gasteiger partial charge in [-0.3, -0.25) is 4.79 Å². The molecule has 2 aromatic rings. The van der Waals surface area contributed by atoms with E-state index in [2.05, 4.69) is 20.9 Å². The van der Waals surface area contributed by atoms with Crippen molar-refractivity contribution in [1.82, 2.24) is 4.98 Å². The van der Waals surface area contributed by atoms with Crippen molar-refractivity contribution in [2.24, 2.45) is 5.92 Å². The van der Waals surface area contributed by atoms with Crippen LogP contribution in [0.25, 0.3) is 11.1 Å². The van der Waals surface area contributed by atoms with E-state index in [4.69, 9.17) is 4.74 Å². The zero-order chi connectivity index (χ0) is 15.1. The second-order valence-electron chi connectivity index (χ2n) is 5.75. The van der Waals surface area contributed by atoms with Gasteiger partial charge < -0.3 is 9.64 Å². The van der Waals surface area contributed by atoms with Crippen molar-refractivity contribution >= 4 is 27.5 Å². The molecule has 0 N–H and O–H groups in total. The third kappa shape index (κ3) is 2.50. The van der Waals surface area contributed by atoms with Crippen LogP contribution in [0.2, 0.25) is 0 Å². The van der Waals surface area contributed by atoms with Crippen LogP contribution >= 0.6 is 15.9 Å². The van der Waals surface area contributed by atoms with Crippen molar-refractivity contribution in [3.63, 3.8) is 0 Å². The Bertz CT molecular complexity index is 729. The van der Waals surface area contributed by atoms with Crippen molar-refractivity contribution < 1.29 is 9.53 Å². The number of hydrogen-bond donors (Lipinski definition) is 0. The predicted octanol–water partition coefficient (Wildman–Crippen LogP) is 3.65. The largest absolute Gasteiger partial charge is 0.466 e. The molecule has 0 unspecified atom stereocenters. The Morgan fingerprint density at radius 3 is 2.77 bits per heavy atom. The van der Waals surface area contributed by atoms with Gasteiger partial charge in [0.25, 0.3) is 5.91 Å². The number of fused-ring (bicyclic) bond motifs is 1. The van der Waals surface area contributed by atoms with Gasteiger partial charge in [0.1, 0.15) is 10.3 Å². The number of amides is 1. The molecule has 2 aliphatic rings. The van der Waals surface area contributed by atoms with E-state index in [1.165, 1.54) is 12.8 Å². The number of nitrogens with zero attached hydrogens (tertiary/aromatic N) is 2. The summed E-state index contributed by atoms with van der Waals surface area (Å²) in [7, 11) is 0. The highest BCUT2D eigenvalue weighted by atomic mass is 79.9. The Kier molecular flexibility index (Phi) is 3.37. The molecule has 0 saturated heterocycles. The van der Waals surface area contributed by atoms with E-state index in [0.29, 0.717) is 11.8 Å². The van der Waals surface area contributed by atoms with Gasteiger partial charge in [-0.25, -0.2) is 4.98 Å². The minimum absolute atomic E-state index is 0.0162. The minimum Gasteiger partial charge on any atom is -0.466 e. The first-order chi connectivity index (χ1) is 10.7. The van der Waals surface area contributed by atoms with Crippen LogP contribution < -0.4 is 9.64 Å². The normalized spacial score (nSPS) is 17.1. The summed E-state index contributed by atoms with van der Waals surface area (Å²) in [5.74, 6) is 1.17. The zero-order valence-electron chi connectivity index (χ0n) is 12.0. The molecule has 1 aliphatic carbocycles.